The second-order valence-corrected chi connectivity index (χ2v) is 8.61. The monoisotopic (exact) mass is 429 g/mol. The summed E-state index contributed by atoms with van der Waals surface area (Å²) in [4.78, 5) is 18.4. The van der Waals surface area contributed by atoms with Gasteiger partial charge in [-0.25, -0.2) is 4.57 Å². The Morgan fingerprint density at radius 2 is 1.10 bits per heavy atom. The van der Waals surface area contributed by atoms with Crippen LogP contribution in [0.3, 0.4) is 0 Å². The molecule has 31 heavy (non-hydrogen) atoms. The second-order valence-electron chi connectivity index (χ2n) is 7.37. The number of aromatic nitrogens is 1. The summed E-state index contributed by atoms with van der Waals surface area (Å²) < 4.78 is 18.0. The summed E-state index contributed by atoms with van der Waals surface area (Å²) in [5.74, 6) is 0. The van der Waals surface area contributed by atoms with E-state index >= 15 is 0 Å². The van der Waals surface area contributed by atoms with Crippen LogP contribution in [0.1, 0.15) is 0 Å². The highest BCUT2D eigenvalue weighted by Gasteiger charge is 2.18. The van der Waals surface area contributed by atoms with Gasteiger partial charge in [-0.1, -0.05) is 72.8 Å². The Labute approximate surface area is 179 Å². The first-order valence-electron chi connectivity index (χ1n) is 9.86. The highest BCUT2D eigenvalue weighted by Crippen LogP contribution is 2.39. The summed E-state index contributed by atoms with van der Waals surface area (Å²) >= 11 is 0. The molecule has 0 saturated carbocycles. The van der Waals surface area contributed by atoms with Crippen LogP contribution in [0, 0.1) is 0 Å². The van der Waals surface area contributed by atoms with Gasteiger partial charge in [-0.15, -0.1) is 0 Å². The molecule has 154 valence electrons. The fourth-order valence-electron chi connectivity index (χ4n) is 4.00. The number of hydrogen-bond donors (Lipinski definition) is 2. The predicted octanol–water partition coefficient (Wildman–Crippen LogP) is 6.20. The molecule has 1 aromatic heterocycles. The fourth-order valence-corrected chi connectivity index (χ4v) is 4.26. The number of phosphoric acid groups is 1. The maximum Gasteiger partial charge on any atom is 0.471 e. The zero-order chi connectivity index (χ0) is 21.4. The molecule has 0 radical (unpaired) electrons. The predicted molar refractivity (Wildman–Crippen MR) is 123 cm³/mol. The van der Waals surface area contributed by atoms with E-state index in [1.165, 1.54) is 0 Å². The third-order valence-electron chi connectivity index (χ3n) is 5.43. The van der Waals surface area contributed by atoms with Gasteiger partial charge < -0.3 is 14.4 Å². The molecule has 0 bridgehead atoms. The molecule has 5 aromatic rings. The SMILES string of the molecule is O=P(O)(O)OCn1c2ccc(-c3ccccc3)cc2c2cc(-c3ccccc3)ccc21. The first-order chi connectivity index (χ1) is 15.0. The van der Waals surface area contributed by atoms with Crippen LogP contribution in [0.4, 0.5) is 0 Å². The first-order valence-corrected chi connectivity index (χ1v) is 11.4. The summed E-state index contributed by atoms with van der Waals surface area (Å²) in [5, 5.41) is 2.01. The molecule has 0 spiro atoms. The van der Waals surface area contributed by atoms with Crippen molar-refractivity contribution in [3.63, 3.8) is 0 Å². The van der Waals surface area contributed by atoms with Crippen molar-refractivity contribution in [1.82, 2.24) is 4.57 Å². The van der Waals surface area contributed by atoms with E-state index < -0.39 is 7.82 Å². The van der Waals surface area contributed by atoms with Crippen molar-refractivity contribution in [1.29, 1.82) is 0 Å². The van der Waals surface area contributed by atoms with Gasteiger partial charge in [-0.2, -0.15) is 0 Å². The van der Waals surface area contributed by atoms with Gasteiger partial charge >= 0.3 is 7.82 Å². The van der Waals surface area contributed by atoms with E-state index in [0.717, 1.165) is 44.1 Å². The molecule has 4 aromatic carbocycles. The van der Waals surface area contributed by atoms with Crippen molar-refractivity contribution in [3.05, 3.63) is 97.1 Å². The summed E-state index contributed by atoms with van der Waals surface area (Å²) in [6, 6.07) is 32.5. The molecule has 2 N–H and O–H groups in total. The van der Waals surface area contributed by atoms with E-state index in [2.05, 4.69) is 36.4 Å². The molecule has 0 unspecified atom stereocenters. The number of nitrogens with zero attached hydrogens (tertiary/aromatic N) is 1. The Morgan fingerprint density at radius 1 is 0.645 bits per heavy atom. The minimum atomic E-state index is -4.60. The maximum absolute atomic E-state index is 11.3. The van der Waals surface area contributed by atoms with Gasteiger partial charge in [0.2, 0.25) is 0 Å². The van der Waals surface area contributed by atoms with Crippen molar-refractivity contribution in [2.24, 2.45) is 0 Å². The van der Waals surface area contributed by atoms with Crippen LogP contribution in [0.25, 0.3) is 44.1 Å². The average Bonchev–Trinajstić information content (AvgIpc) is 3.10. The number of benzene rings is 4. The molecule has 1 heterocycles. The Kier molecular flexibility index (Phi) is 4.97. The number of fused-ring (bicyclic) bond motifs is 3. The van der Waals surface area contributed by atoms with Gasteiger partial charge in [-0.3, -0.25) is 4.52 Å². The van der Waals surface area contributed by atoms with E-state index in [0.29, 0.717) is 0 Å². The van der Waals surface area contributed by atoms with Crippen molar-refractivity contribution >= 4 is 29.6 Å². The topological polar surface area (TPSA) is 71.7 Å². The fraction of sp³-hybridized carbons (Fsp3) is 0.0400. The van der Waals surface area contributed by atoms with Gasteiger partial charge in [0, 0.05) is 10.8 Å². The van der Waals surface area contributed by atoms with Gasteiger partial charge in [0.1, 0.15) is 6.73 Å². The zero-order valence-electron chi connectivity index (χ0n) is 16.6. The Balaban J connectivity index is 1.74. The largest absolute Gasteiger partial charge is 0.471 e. The smallest absolute Gasteiger partial charge is 0.316 e. The minimum absolute atomic E-state index is 0.236. The molecular weight excluding hydrogens is 409 g/mol. The van der Waals surface area contributed by atoms with Crippen LogP contribution >= 0.6 is 7.82 Å². The number of rotatable bonds is 5. The lowest BCUT2D eigenvalue weighted by atomic mass is 10.0. The standard InChI is InChI=1S/C25H20NO4P/c27-31(28,29)30-17-26-24-13-11-20(18-7-3-1-4-8-18)15-22(24)23-16-21(12-14-25(23)26)19-9-5-2-6-10-19/h1-16H,17H2,(H2,27,28,29). The van der Waals surface area contributed by atoms with Crippen LogP contribution in [-0.4, -0.2) is 14.4 Å². The molecular formula is C25H20NO4P. The van der Waals surface area contributed by atoms with Crippen molar-refractivity contribution in [3.8, 4) is 22.3 Å². The lowest BCUT2D eigenvalue weighted by Gasteiger charge is -2.10. The van der Waals surface area contributed by atoms with Gasteiger partial charge in [0.05, 0.1) is 11.0 Å². The molecule has 0 atom stereocenters. The second kappa shape index (κ2) is 7.80. The summed E-state index contributed by atoms with van der Waals surface area (Å²) in [7, 11) is -4.60. The van der Waals surface area contributed by atoms with E-state index in [-0.39, 0.29) is 6.73 Å². The zero-order valence-corrected chi connectivity index (χ0v) is 17.4. The summed E-state index contributed by atoms with van der Waals surface area (Å²) in [6.45, 7) is -0.236. The van der Waals surface area contributed by atoms with Gasteiger partial charge in [0.15, 0.2) is 0 Å². The molecule has 0 aliphatic heterocycles. The third-order valence-corrected chi connectivity index (χ3v) is 5.89. The molecule has 5 nitrogen and oxygen atoms in total. The Bertz CT molecular complexity index is 1330. The highest BCUT2D eigenvalue weighted by atomic mass is 31.2. The number of phosphoric ester groups is 1. The van der Waals surface area contributed by atoms with E-state index in [9.17, 15) is 14.4 Å². The normalized spacial score (nSPS) is 11.9. The maximum atomic E-state index is 11.3. The number of hydrogen-bond acceptors (Lipinski definition) is 2. The summed E-state index contributed by atoms with van der Waals surface area (Å²) in [5.41, 5.74) is 6.08. The van der Waals surface area contributed by atoms with Crippen molar-refractivity contribution in [2.45, 2.75) is 6.73 Å². The van der Waals surface area contributed by atoms with Crippen LogP contribution in [0.15, 0.2) is 97.1 Å². The van der Waals surface area contributed by atoms with Crippen molar-refractivity contribution in [2.75, 3.05) is 0 Å². The Morgan fingerprint density at radius 3 is 1.52 bits per heavy atom. The van der Waals surface area contributed by atoms with Crippen LogP contribution in [0.2, 0.25) is 0 Å². The quantitative estimate of drug-likeness (QED) is 0.327. The van der Waals surface area contributed by atoms with E-state index in [1.54, 1.807) is 4.57 Å². The molecule has 0 amide bonds. The first kappa shape index (κ1) is 19.7. The average molecular weight is 429 g/mol. The lowest BCUT2D eigenvalue weighted by molar-refractivity contribution is 0.158. The summed E-state index contributed by atoms with van der Waals surface area (Å²) in [6.07, 6.45) is 0. The van der Waals surface area contributed by atoms with Crippen molar-refractivity contribution < 1.29 is 18.9 Å². The molecule has 6 heteroatoms. The van der Waals surface area contributed by atoms with Gasteiger partial charge in [-0.05, 0) is 46.5 Å². The molecule has 0 aliphatic carbocycles. The van der Waals surface area contributed by atoms with E-state index in [1.807, 2.05) is 60.7 Å². The molecule has 5 rings (SSSR count). The van der Waals surface area contributed by atoms with Crippen LogP contribution in [0.5, 0.6) is 0 Å². The molecule has 0 saturated heterocycles. The minimum Gasteiger partial charge on any atom is -0.316 e. The highest BCUT2D eigenvalue weighted by molar-refractivity contribution is 7.46. The van der Waals surface area contributed by atoms with E-state index in [4.69, 9.17) is 4.52 Å². The van der Waals surface area contributed by atoms with Crippen LogP contribution in [-0.2, 0) is 15.8 Å². The van der Waals surface area contributed by atoms with Crippen LogP contribution < -0.4 is 0 Å². The van der Waals surface area contributed by atoms with Gasteiger partial charge in [0.25, 0.3) is 0 Å². The third kappa shape index (κ3) is 3.92. The molecule has 0 fully saturated rings. The Hall–Kier alpha value is -3.21. The lowest BCUT2D eigenvalue weighted by Crippen LogP contribution is -2.00. The molecule has 0 aliphatic rings.